The van der Waals surface area contributed by atoms with Crippen molar-refractivity contribution in [3.8, 4) is 22.6 Å². The zero-order valence-electron chi connectivity index (χ0n) is 10.3. The minimum Gasteiger partial charge on any atom is -0.380 e. The first-order valence-electron chi connectivity index (χ1n) is 5.68. The van der Waals surface area contributed by atoms with E-state index >= 15 is 0 Å². The van der Waals surface area contributed by atoms with Gasteiger partial charge in [0.05, 0.1) is 0 Å². The van der Waals surface area contributed by atoms with Crippen LogP contribution in [0.2, 0.25) is 0 Å². The van der Waals surface area contributed by atoms with Gasteiger partial charge in [0, 0.05) is 11.1 Å². The molecule has 0 aromatic heterocycles. The molecule has 2 unspecified atom stereocenters. The fourth-order valence-corrected chi connectivity index (χ4v) is 2.61. The maximum absolute atomic E-state index is 11.5. The molecule has 0 spiro atoms. The molecule has 0 N–H and O–H groups in total. The van der Waals surface area contributed by atoms with Crippen molar-refractivity contribution in [1.29, 1.82) is 0 Å². The SMILES string of the molecule is O=S1O[N-]OS(=O)Oc2ccccc2-c2ccccc2O1. The molecule has 7 nitrogen and oxygen atoms in total. The molecular weight excluding hydrogens is 318 g/mol. The van der Waals surface area contributed by atoms with Gasteiger partial charge in [-0.25, -0.2) is 0 Å². The molecule has 0 aliphatic carbocycles. The molecule has 21 heavy (non-hydrogen) atoms. The van der Waals surface area contributed by atoms with Crippen LogP contribution < -0.4 is 8.37 Å². The Morgan fingerprint density at radius 3 is 1.62 bits per heavy atom. The fourth-order valence-electron chi connectivity index (χ4n) is 1.76. The van der Waals surface area contributed by atoms with Gasteiger partial charge in [0.2, 0.25) is 0 Å². The zero-order chi connectivity index (χ0) is 14.7. The van der Waals surface area contributed by atoms with Crippen LogP contribution in [-0.2, 0) is 31.3 Å². The summed E-state index contributed by atoms with van der Waals surface area (Å²) in [7, 11) is 0. The molecule has 0 fully saturated rings. The minimum atomic E-state index is -2.23. The molecule has 1 heterocycles. The summed E-state index contributed by atoms with van der Waals surface area (Å²) in [6.45, 7) is 0. The molecule has 0 radical (unpaired) electrons. The molecule has 2 aromatic carbocycles. The normalized spacial score (nSPS) is 21.9. The van der Waals surface area contributed by atoms with Gasteiger partial charge in [0.25, 0.3) is 0 Å². The molecule has 0 saturated heterocycles. The van der Waals surface area contributed by atoms with Gasteiger partial charge < -0.3 is 22.6 Å². The van der Waals surface area contributed by atoms with Crippen molar-refractivity contribution in [3.05, 3.63) is 54.2 Å². The molecule has 1 aliphatic rings. The highest BCUT2D eigenvalue weighted by atomic mass is 32.2. The lowest BCUT2D eigenvalue weighted by molar-refractivity contribution is 0.233. The average Bonchev–Trinajstić information content (AvgIpc) is 2.50. The van der Waals surface area contributed by atoms with Crippen LogP contribution in [0, 0.1) is 0 Å². The van der Waals surface area contributed by atoms with E-state index in [-0.39, 0.29) is 0 Å². The molecule has 2 atom stereocenters. The monoisotopic (exact) mass is 326 g/mol. The molecule has 1 aliphatic heterocycles. The third-order valence-corrected chi connectivity index (χ3v) is 3.56. The van der Waals surface area contributed by atoms with Crippen molar-refractivity contribution in [2.45, 2.75) is 0 Å². The second kappa shape index (κ2) is 6.33. The van der Waals surface area contributed by atoms with E-state index in [4.69, 9.17) is 8.37 Å². The first kappa shape index (κ1) is 14.2. The van der Waals surface area contributed by atoms with Crippen molar-refractivity contribution in [3.63, 3.8) is 0 Å². The van der Waals surface area contributed by atoms with Crippen LogP contribution in [0.4, 0.5) is 0 Å². The van der Waals surface area contributed by atoms with E-state index in [1.807, 2.05) is 0 Å². The lowest BCUT2D eigenvalue weighted by atomic mass is 10.0. The summed E-state index contributed by atoms with van der Waals surface area (Å²) in [5.74, 6) is 0.601. The minimum absolute atomic E-state index is 0.301. The van der Waals surface area contributed by atoms with E-state index in [1.165, 1.54) is 0 Å². The summed E-state index contributed by atoms with van der Waals surface area (Å²) in [6, 6.07) is 13.7. The van der Waals surface area contributed by atoms with Crippen molar-refractivity contribution in [2.24, 2.45) is 0 Å². The zero-order valence-corrected chi connectivity index (χ0v) is 12.0. The predicted molar refractivity (Wildman–Crippen MR) is 74.9 cm³/mol. The van der Waals surface area contributed by atoms with Gasteiger partial charge in [0.1, 0.15) is 0 Å². The Labute approximate surface area is 125 Å². The Morgan fingerprint density at radius 1 is 0.714 bits per heavy atom. The molecule has 0 saturated carbocycles. The van der Waals surface area contributed by atoms with E-state index in [0.29, 0.717) is 22.6 Å². The molecular formula is C12H8NO6S2-. The van der Waals surface area contributed by atoms with Gasteiger partial charge in [0.15, 0.2) is 11.5 Å². The Morgan fingerprint density at radius 2 is 1.14 bits per heavy atom. The van der Waals surface area contributed by atoms with E-state index in [2.05, 4.69) is 14.2 Å². The van der Waals surface area contributed by atoms with Crippen molar-refractivity contribution >= 4 is 22.7 Å². The number of hydrogen-bond donors (Lipinski definition) is 0. The third kappa shape index (κ3) is 3.28. The molecule has 0 amide bonds. The number of hydrogen-bond acceptors (Lipinski definition) is 6. The Kier molecular flexibility index (Phi) is 4.27. The summed E-state index contributed by atoms with van der Waals surface area (Å²) < 4.78 is 42.1. The highest BCUT2D eigenvalue weighted by Gasteiger charge is 2.15. The standard InChI is InChI=1S/C12H8NO6S2/c14-20-16-11-7-3-1-5-9(11)10-6-2-4-8-12(10)17-21(15)19-13-18-20/h1-8H/q-1. The Hall–Kier alpha value is -1.78. The number of fused-ring (bicyclic) bond motifs is 3. The third-order valence-electron chi connectivity index (χ3n) is 2.56. The highest BCUT2D eigenvalue weighted by molar-refractivity contribution is 7.76. The van der Waals surface area contributed by atoms with Crippen LogP contribution in [0.25, 0.3) is 16.8 Å². The van der Waals surface area contributed by atoms with Crippen LogP contribution >= 0.6 is 0 Å². The Balaban J connectivity index is 2.14. The topological polar surface area (TPSA) is 85.2 Å². The number of benzene rings is 2. The Bertz CT molecular complexity index is 648. The number of rotatable bonds is 0. The molecule has 9 heteroatoms. The largest absolute Gasteiger partial charge is 0.380 e. The lowest BCUT2D eigenvalue weighted by Crippen LogP contribution is -2.05. The smallest absolute Gasteiger partial charge is 0.344 e. The van der Waals surface area contributed by atoms with Crippen LogP contribution in [0.3, 0.4) is 0 Å². The summed E-state index contributed by atoms with van der Waals surface area (Å²) in [6.07, 6.45) is 0. The maximum atomic E-state index is 11.5. The molecule has 2 aromatic rings. The summed E-state index contributed by atoms with van der Waals surface area (Å²) >= 11 is -4.46. The lowest BCUT2D eigenvalue weighted by Gasteiger charge is -2.16. The van der Waals surface area contributed by atoms with E-state index in [9.17, 15) is 8.42 Å². The van der Waals surface area contributed by atoms with E-state index in [0.717, 1.165) is 0 Å². The van der Waals surface area contributed by atoms with Crippen molar-refractivity contribution < 1.29 is 25.4 Å². The molecule has 3 rings (SSSR count). The van der Waals surface area contributed by atoms with Crippen molar-refractivity contribution in [2.75, 3.05) is 0 Å². The predicted octanol–water partition coefficient (Wildman–Crippen LogP) is 2.52. The molecule has 0 bridgehead atoms. The van der Waals surface area contributed by atoms with Crippen LogP contribution in [-0.4, -0.2) is 8.42 Å². The van der Waals surface area contributed by atoms with Gasteiger partial charge in [-0.05, 0) is 12.1 Å². The maximum Gasteiger partial charge on any atom is 0.344 e. The first-order chi connectivity index (χ1) is 10.2. The summed E-state index contributed by atoms with van der Waals surface area (Å²) in [5.41, 5.74) is 4.13. The highest BCUT2D eigenvalue weighted by Crippen LogP contribution is 2.37. The van der Waals surface area contributed by atoms with Crippen LogP contribution in [0.1, 0.15) is 0 Å². The number of nitrogens with zero attached hydrogens (tertiary/aromatic N) is 1. The van der Waals surface area contributed by atoms with Gasteiger partial charge in [-0.2, -0.15) is 8.42 Å². The van der Waals surface area contributed by atoms with Gasteiger partial charge in [-0.15, -0.1) is 0 Å². The summed E-state index contributed by atoms with van der Waals surface area (Å²) in [5, 5.41) is 0. The van der Waals surface area contributed by atoms with Crippen LogP contribution in [0.15, 0.2) is 48.5 Å². The van der Waals surface area contributed by atoms with E-state index < -0.39 is 22.7 Å². The quantitative estimate of drug-likeness (QED) is 0.739. The second-order valence-corrected chi connectivity index (χ2v) is 5.24. The second-order valence-electron chi connectivity index (χ2n) is 3.79. The van der Waals surface area contributed by atoms with Crippen molar-refractivity contribution in [1.82, 2.24) is 0 Å². The fraction of sp³-hybridized carbons (Fsp3) is 0. The number of para-hydroxylation sites is 2. The van der Waals surface area contributed by atoms with E-state index in [1.54, 1.807) is 48.5 Å². The van der Waals surface area contributed by atoms with Gasteiger partial charge >= 0.3 is 22.7 Å². The van der Waals surface area contributed by atoms with Gasteiger partial charge in [-0.1, -0.05) is 36.4 Å². The summed E-state index contributed by atoms with van der Waals surface area (Å²) in [4.78, 5) is 0. The first-order valence-corrected chi connectivity index (χ1v) is 7.68. The van der Waals surface area contributed by atoms with Crippen LogP contribution in [0.5, 0.6) is 11.5 Å². The molecule has 110 valence electrons. The van der Waals surface area contributed by atoms with Gasteiger partial charge in [-0.3, -0.25) is 0 Å². The average molecular weight is 326 g/mol.